The summed E-state index contributed by atoms with van der Waals surface area (Å²) in [6.45, 7) is 1.86. The fourth-order valence-electron chi connectivity index (χ4n) is 1.67. The van der Waals surface area contributed by atoms with E-state index in [1.54, 1.807) is 4.90 Å². The number of morpholine rings is 1. The number of aromatic amines is 2. The summed E-state index contributed by atoms with van der Waals surface area (Å²) in [6.07, 6.45) is 0. The third-order valence-corrected chi connectivity index (χ3v) is 2.47. The Kier molecular flexibility index (Phi) is 3.02. The average Bonchev–Trinajstić information content (AvgIpc) is 2.29. The molecule has 8 heteroatoms. The molecule has 16 heavy (non-hydrogen) atoms. The summed E-state index contributed by atoms with van der Waals surface area (Å²) in [4.78, 5) is 26.3. The van der Waals surface area contributed by atoms with E-state index in [2.05, 4.69) is 15.2 Å². The Bertz CT molecular complexity index is 467. The zero-order valence-electron chi connectivity index (χ0n) is 8.60. The molecule has 0 saturated carbocycles. The average molecular weight is 227 g/mol. The van der Waals surface area contributed by atoms with Gasteiger partial charge >= 0.3 is 5.69 Å². The number of anilines is 1. The van der Waals surface area contributed by atoms with Gasteiger partial charge in [-0.15, -0.1) is 5.10 Å². The largest absolute Gasteiger partial charge is 0.377 e. The van der Waals surface area contributed by atoms with E-state index >= 15 is 0 Å². The molecule has 0 aliphatic carbocycles. The van der Waals surface area contributed by atoms with Gasteiger partial charge in [0.2, 0.25) is 5.82 Å². The van der Waals surface area contributed by atoms with Crippen molar-refractivity contribution in [2.75, 3.05) is 31.2 Å². The molecule has 4 N–H and O–H groups in total. The molecular formula is C8H13N5O3. The van der Waals surface area contributed by atoms with Crippen molar-refractivity contribution in [3.8, 4) is 0 Å². The molecule has 8 nitrogen and oxygen atoms in total. The molecule has 2 rings (SSSR count). The van der Waals surface area contributed by atoms with Crippen LogP contribution in [0.2, 0.25) is 0 Å². The molecule has 1 aromatic heterocycles. The second-order valence-corrected chi connectivity index (χ2v) is 3.49. The molecular weight excluding hydrogens is 214 g/mol. The molecule has 88 valence electrons. The highest BCUT2D eigenvalue weighted by Gasteiger charge is 2.25. The van der Waals surface area contributed by atoms with Crippen LogP contribution in [-0.4, -0.2) is 47.5 Å². The fraction of sp³-hybridized carbons (Fsp3) is 0.625. The topological polar surface area (TPSA) is 117 Å². The highest BCUT2D eigenvalue weighted by Crippen LogP contribution is 2.10. The van der Waals surface area contributed by atoms with Crippen LogP contribution >= 0.6 is 0 Å². The quantitative estimate of drug-likeness (QED) is 0.519. The van der Waals surface area contributed by atoms with Gasteiger partial charge in [0.1, 0.15) is 0 Å². The first-order valence-electron chi connectivity index (χ1n) is 4.96. The Labute approximate surface area is 90.4 Å². The van der Waals surface area contributed by atoms with E-state index in [0.29, 0.717) is 26.3 Å². The van der Waals surface area contributed by atoms with E-state index < -0.39 is 11.2 Å². The van der Waals surface area contributed by atoms with Crippen molar-refractivity contribution >= 4 is 5.82 Å². The number of nitrogens with zero attached hydrogens (tertiary/aromatic N) is 2. The van der Waals surface area contributed by atoms with Crippen LogP contribution in [0.5, 0.6) is 0 Å². The van der Waals surface area contributed by atoms with E-state index in [0.717, 1.165) is 0 Å². The van der Waals surface area contributed by atoms with Crippen LogP contribution in [0.4, 0.5) is 5.82 Å². The molecule has 0 aromatic carbocycles. The molecule has 1 aliphatic heterocycles. The van der Waals surface area contributed by atoms with Crippen molar-refractivity contribution in [3.05, 3.63) is 20.8 Å². The van der Waals surface area contributed by atoms with Crippen molar-refractivity contribution < 1.29 is 4.74 Å². The number of rotatable bonds is 2. The Morgan fingerprint density at radius 1 is 1.56 bits per heavy atom. The number of H-pyrrole nitrogens is 2. The second-order valence-electron chi connectivity index (χ2n) is 3.49. The molecule has 0 amide bonds. The third kappa shape index (κ3) is 1.97. The summed E-state index contributed by atoms with van der Waals surface area (Å²) in [5.41, 5.74) is 4.45. The Balaban J connectivity index is 2.34. The van der Waals surface area contributed by atoms with Crippen LogP contribution in [-0.2, 0) is 4.74 Å². The standard InChI is InChI=1S/C8H13N5O3/c9-3-5-4-16-2-1-13(5)6-7(14)10-8(15)12-11-6/h5H,1-4,9H2,(H2,10,12,14,15). The van der Waals surface area contributed by atoms with Crippen molar-refractivity contribution in [2.45, 2.75) is 6.04 Å². The molecule has 0 bridgehead atoms. The van der Waals surface area contributed by atoms with E-state index in [1.807, 2.05) is 0 Å². The summed E-state index contributed by atoms with van der Waals surface area (Å²) < 4.78 is 5.25. The summed E-state index contributed by atoms with van der Waals surface area (Å²) in [5.74, 6) is 0.179. The van der Waals surface area contributed by atoms with E-state index in [1.165, 1.54) is 0 Å². The van der Waals surface area contributed by atoms with Crippen LogP contribution in [0.3, 0.4) is 0 Å². The molecule has 1 fully saturated rings. The van der Waals surface area contributed by atoms with E-state index in [-0.39, 0.29) is 11.9 Å². The predicted molar refractivity (Wildman–Crippen MR) is 56.5 cm³/mol. The van der Waals surface area contributed by atoms with Gasteiger partial charge in [-0.2, -0.15) is 0 Å². The first-order chi connectivity index (χ1) is 7.72. The van der Waals surface area contributed by atoms with E-state index in [4.69, 9.17) is 10.5 Å². The van der Waals surface area contributed by atoms with Gasteiger partial charge in [-0.05, 0) is 0 Å². The highest BCUT2D eigenvalue weighted by atomic mass is 16.5. The van der Waals surface area contributed by atoms with Gasteiger partial charge in [0.15, 0.2) is 0 Å². The maximum atomic E-state index is 11.5. The molecule has 1 atom stereocenters. The lowest BCUT2D eigenvalue weighted by Gasteiger charge is -2.34. The van der Waals surface area contributed by atoms with Crippen molar-refractivity contribution in [2.24, 2.45) is 5.73 Å². The van der Waals surface area contributed by atoms with Crippen molar-refractivity contribution in [3.63, 3.8) is 0 Å². The normalized spacial score (nSPS) is 21.1. The second kappa shape index (κ2) is 4.45. The first-order valence-corrected chi connectivity index (χ1v) is 4.96. The summed E-state index contributed by atoms with van der Waals surface area (Å²) in [6, 6.07) is -0.0896. The van der Waals surface area contributed by atoms with Crippen LogP contribution in [0.25, 0.3) is 0 Å². The number of nitrogens with two attached hydrogens (primary N) is 1. The monoisotopic (exact) mass is 227 g/mol. The van der Waals surface area contributed by atoms with Gasteiger partial charge < -0.3 is 15.4 Å². The molecule has 0 radical (unpaired) electrons. The summed E-state index contributed by atoms with van der Waals surface area (Å²) in [5, 5.41) is 5.93. The lowest BCUT2D eigenvalue weighted by Crippen LogP contribution is -2.52. The lowest BCUT2D eigenvalue weighted by atomic mass is 10.2. The minimum absolute atomic E-state index is 0.0896. The lowest BCUT2D eigenvalue weighted by molar-refractivity contribution is 0.0956. The zero-order chi connectivity index (χ0) is 11.5. The molecule has 0 spiro atoms. The SMILES string of the molecule is NCC1COCCN1c1n[nH]c(=O)[nH]c1=O. The molecule has 2 heterocycles. The minimum atomic E-state index is -0.619. The molecule has 1 saturated heterocycles. The number of hydrogen-bond acceptors (Lipinski definition) is 6. The number of nitrogens with one attached hydrogen (secondary N) is 2. The number of hydrogen-bond donors (Lipinski definition) is 3. The van der Waals surface area contributed by atoms with Crippen LogP contribution in [0.15, 0.2) is 9.59 Å². The fourth-order valence-corrected chi connectivity index (χ4v) is 1.67. The van der Waals surface area contributed by atoms with Crippen LogP contribution in [0, 0.1) is 0 Å². The Hall–Kier alpha value is -1.67. The Morgan fingerprint density at radius 2 is 2.38 bits per heavy atom. The third-order valence-electron chi connectivity index (χ3n) is 2.47. The van der Waals surface area contributed by atoms with Crippen molar-refractivity contribution in [1.82, 2.24) is 15.2 Å². The van der Waals surface area contributed by atoms with Crippen LogP contribution < -0.4 is 21.9 Å². The summed E-state index contributed by atoms with van der Waals surface area (Å²) in [7, 11) is 0. The van der Waals surface area contributed by atoms with Gasteiger partial charge in [-0.25, -0.2) is 9.89 Å². The zero-order valence-corrected chi connectivity index (χ0v) is 8.60. The van der Waals surface area contributed by atoms with Crippen molar-refractivity contribution in [1.29, 1.82) is 0 Å². The molecule has 1 aromatic rings. The molecule has 1 aliphatic rings. The number of ether oxygens (including phenoxy) is 1. The van der Waals surface area contributed by atoms with Gasteiger partial charge in [-0.1, -0.05) is 0 Å². The minimum Gasteiger partial charge on any atom is -0.377 e. The van der Waals surface area contributed by atoms with E-state index in [9.17, 15) is 9.59 Å². The van der Waals surface area contributed by atoms with Gasteiger partial charge in [0.05, 0.1) is 19.3 Å². The Morgan fingerprint density at radius 3 is 3.06 bits per heavy atom. The first kappa shape index (κ1) is 10.8. The highest BCUT2D eigenvalue weighted by molar-refractivity contribution is 5.36. The smallest absolute Gasteiger partial charge is 0.342 e. The molecule has 1 unspecified atom stereocenters. The maximum absolute atomic E-state index is 11.5. The van der Waals surface area contributed by atoms with Crippen LogP contribution in [0.1, 0.15) is 0 Å². The predicted octanol–water partition coefficient (Wildman–Crippen LogP) is -2.38. The van der Waals surface area contributed by atoms with Gasteiger partial charge in [0, 0.05) is 13.1 Å². The maximum Gasteiger partial charge on any atom is 0.342 e. The summed E-state index contributed by atoms with van der Waals surface area (Å²) >= 11 is 0. The van der Waals surface area contributed by atoms with Gasteiger partial charge in [0.25, 0.3) is 5.56 Å². The number of aromatic nitrogens is 3. The van der Waals surface area contributed by atoms with Gasteiger partial charge in [-0.3, -0.25) is 9.78 Å².